The second-order valence-corrected chi connectivity index (χ2v) is 7.45. The average molecular weight is 456 g/mol. The fourth-order valence-electron chi connectivity index (χ4n) is 3.14. The minimum Gasteiger partial charge on any atom is -0.322 e. The number of terminal acetylenes is 1. The number of nitrogens with one attached hydrogen (secondary N) is 2. The fraction of sp³-hybridized carbons (Fsp3) is 0.0400. The Kier molecular flexibility index (Phi) is 6.20. The molecule has 33 heavy (non-hydrogen) atoms. The molecule has 0 aliphatic carbocycles. The molecule has 0 unspecified atom stereocenters. The van der Waals surface area contributed by atoms with Crippen molar-refractivity contribution in [1.29, 1.82) is 0 Å². The maximum absolute atomic E-state index is 12.6. The van der Waals surface area contributed by atoms with Gasteiger partial charge in [-0.05, 0) is 42.5 Å². The van der Waals surface area contributed by atoms with Gasteiger partial charge in [0.25, 0.3) is 11.8 Å². The van der Waals surface area contributed by atoms with Crippen LogP contribution in [-0.2, 0) is 7.05 Å². The second kappa shape index (κ2) is 9.39. The van der Waals surface area contributed by atoms with E-state index < -0.39 is 0 Å². The van der Waals surface area contributed by atoms with Crippen molar-refractivity contribution >= 4 is 34.9 Å². The normalized spacial score (nSPS) is 10.3. The number of halogens is 1. The summed E-state index contributed by atoms with van der Waals surface area (Å²) in [4.78, 5) is 28.9. The number of rotatable bonds is 5. The van der Waals surface area contributed by atoms with Crippen LogP contribution in [0.4, 0.5) is 11.5 Å². The lowest BCUT2D eigenvalue weighted by molar-refractivity contribution is 0.101. The monoisotopic (exact) mass is 455 g/mol. The molecule has 8 heteroatoms. The fourth-order valence-corrected chi connectivity index (χ4v) is 3.35. The maximum atomic E-state index is 12.6. The molecule has 2 amide bonds. The van der Waals surface area contributed by atoms with Crippen molar-refractivity contribution in [2.24, 2.45) is 7.05 Å². The number of pyridine rings is 1. The molecule has 4 rings (SSSR count). The summed E-state index contributed by atoms with van der Waals surface area (Å²) in [6.07, 6.45) is 6.93. The summed E-state index contributed by atoms with van der Waals surface area (Å²) in [6, 6.07) is 19.0. The highest BCUT2D eigenvalue weighted by Crippen LogP contribution is 2.24. The van der Waals surface area contributed by atoms with Crippen LogP contribution < -0.4 is 10.6 Å². The van der Waals surface area contributed by atoms with E-state index in [1.54, 1.807) is 66.3 Å². The van der Waals surface area contributed by atoms with Crippen molar-refractivity contribution in [1.82, 2.24) is 14.8 Å². The van der Waals surface area contributed by atoms with Gasteiger partial charge in [0.05, 0.1) is 11.3 Å². The molecule has 2 aromatic carbocycles. The van der Waals surface area contributed by atoms with E-state index in [1.165, 1.54) is 6.20 Å². The van der Waals surface area contributed by atoms with Gasteiger partial charge in [-0.3, -0.25) is 14.3 Å². The molecule has 0 spiro atoms. The number of carbonyl (C=O) groups is 2. The molecule has 4 aromatic rings. The zero-order valence-corrected chi connectivity index (χ0v) is 18.3. The minimum absolute atomic E-state index is 0.140. The predicted octanol–water partition coefficient (Wildman–Crippen LogP) is 4.62. The molecule has 0 aliphatic rings. The third kappa shape index (κ3) is 4.92. The Morgan fingerprint density at radius 1 is 1.00 bits per heavy atom. The van der Waals surface area contributed by atoms with Crippen molar-refractivity contribution in [3.05, 3.63) is 94.8 Å². The number of nitrogens with zero attached hydrogens (tertiary/aromatic N) is 3. The summed E-state index contributed by atoms with van der Waals surface area (Å²) in [5.41, 5.74) is 3.46. The molecule has 2 heterocycles. The Morgan fingerprint density at radius 2 is 1.79 bits per heavy atom. The van der Waals surface area contributed by atoms with Gasteiger partial charge in [0, 0.05) is 41.7 Å². The third-order valence-corrected chi connectivity index (χ3v) is 5.16. The largest absolute Gasteiger partial charge is 0.322 e. The SMILES string of the molecule is C#Cc1cccc(C(=O)Nc2cc(-c3ccc(NC(=O)c4cccnc4Cl)cc3)nn2C)c1. The summed E-state index contributed by atoms with van der Waals surface area (Å²) in [7, 11) is 1.74. The Hall–Kier alpha value is -4.41. The van der Waals surface area contributed by atoms with Crippen molar-refractivity contribution in [3.8, 4) is 23.6 Å². The van der Waals surface area contributed by atoms with Gasteiger partial charge in [-0.1, -0.05) is 35.7 Å². The van der Waals surface area contributed by atoms with Crippen LogP contribution in [-0.4, -0.2) is 26.6 Å². The van der Waals surface area contributed by atoms with Crippen LogP contribution in [0.1, 0.15) is 26.3 Å². The van der Waals surface area contributed by atoms with E-state index in [1.807, 2.05) is 12.1 Å². The lowest BCUT2D eigenvalue weighted by atomic mass is 10.1. The molecular weight excluding hydrogens is 438 g/mol. The van der Waals surface area contributed by atoms with Gasteiger partial charge in [-0.2, -0.15) is 5.10 Å². The van der Waals surface area contributed by atoms with Gasteiger partial charge in [-0.15, -0.1) is 6.42 Å². The van der Waals surface area contributed by atoms with Crippen LogP contribution in [0.5, 0.6) is 0 Å². The first kappa shape index (κ1) is 21.8. The summed E-state index contributed by atoms with van der Waals surface area (Å²) >= 11 is 5.98. The van der Waals surface area contributed by atoms with E-state index in [2.05, 4.69) is 26.6 Å². The lowest BCUT2D eigenvalue weighted by Crippen LogP contribution is -2.14. The highest BCUT2D eigenvalue weighted by molar-refractivity contribution is 6.33. The maximum Gasteiger partial charge on any atom is 0.258 e. The minimum atomic E-state index is -0.349. The number of benzene rings is 2. The van der Waals surface area contributed by atoms with E-state index in [-0.39, 0.29) is 17.0 Å². The molecule has 2 N–H and O–H groups in total. The Bertz CT molecular complexity index is 1390. The predicted molar refractivity (Wildman–Crippen MR) is 128 cm³/mol. The summed E-state index contributed by atoms with van der Waals surface area (Å²) in [5.74, 6) is 2.42. The topological polar surface area (TPSA) is 88.9 Å². The summed E-state index contributed by atoms with van der Waals surface area (Å²) < 4.78 is 1.58. The molecule has 0 fully saturated rings. The van der Waals surface area contributed by atoms with Gasteiger partial charge in [0.2, 0.25) is 0 Å². The molecule has 0 aliphatic heterocycles. The third-order valence-electron chi connectivity index (χ3n) is 4.86. The van der Waals surface area contributed by atoms with Gasteiger partial charge >= 0.3 is 0 Å². The molecule has 2 aromatic heterocycles. The number of hydrogen-bond donors (Lipinski definition) is 2. The molecular formula is C25H18ClN5O2. The Balaban J connectivity index is 1.47. The van der Waals surface area contributed by atoms with Crippen LogP contribution in [0.25, 0.3) is 11.3 Å². The molecule has 162 valence electrons. The number of hydrogen-bond acceptors (Lipinski definition) is 4. The second-order valence-electron chi connectivity index (χ2n) is 7.09. The standard InChI is InChI=1S/C25H18ClN5O2/c1-3-16-6-4-7-18(14-16)24(32)29-22-15-21(30-31(22)2)17-9-11-19(12-10-17)28-25(33)20-8-5-13-27-23(20)26/h1,4-15H,2H3,(H,28,33)(H,29,32). The van der Waals surface area contributed by atoms with Gasteiger partial charge < -0.3 is 10.6 Å². The van der Waals surface area contributed by atoms with Gasteiger partial charge in [0.15, 0.2) is 0 Å². The number of amides is 2. The highest BCUT2D eigenvalue weighted by Gasteiger charge is 2.14. The van der Waals surface area contributed by atoms with Crippen LogP contribution >= 0.6 is 11.6 Å². The zero-order valence-electron chi connectivity index (χ0n) is 17.5. The number of anilines is 2. The van der Waals surface area contributed by atoms with E-state index >= 15 is 0 Å². The smallest absolute Gasteiger partial charge is 0.258 e. The van der Waals surface area contributed by atoms with Crippen molar-refractivity contribution in [2.45, 2.75) is 0 Å². The van der Waals surface area contributed by atoms with E-state index in [0.717, 1.165) is 5.56 Å². The molecule has 0 atom stereocenters. The number of aryl methyl sites for hydroxylation is 1. The molecule has 7 nitrogen and oxygen atoms in total. The highest BCUT2D eigenvalue weighted by atomic mass is 35.5. The van der Waals surface area contributed by atoms with Gasteiger partial charge in [0.1, 0.15) is 11.0 Å². The zero-order chi connectivity index (χ0) is 23.4. The molecule has 0 bridgehead atoms. The Morgan fingerprint density at radius 3 is 2.52 bits per heavy atom. The quantitative estimate of drug-likeness (QED) is 0.339. The van der Waals surface area contributed by atoms with E-state index in [9.17, 15) is 9.59 Å². The Labute approximate surface area is 195 Å². The summed E-state index contributed by atoms with van der Waals surface area (Å²) in [6.45, 7) is 0. The van der Waals surface area contributed by atoms with Crippen LogP contribution in [0, 0.1) is 12.3 Å². The van der Waals surface area contributed by atoms with Crippen molar-refractivity contribution < 1.29 is 9.59 Å². The number of carbonyl (C=O) groups excluding carboxylic acids is 2. The first-order valence-corrected chi connectivity index (χ1v) is 10.3. The molecule has 0 saturated carbocycles. The van der Waals surface area contributed by atoms with Crippen LogP contribution in [0.2, 0.25) is 5.15 Å². The first-order chi connectivity index (χ1) is 15.9. The first-order valence-electron chi connectivity index (χ1n) is 9.89. The van der Waals surface area contributed by atoms with E-state index in [0.29, 0.717) is 33.9 Å². The van der Waals surface area contributed by atoms with E-state index in [4.69, 9.17) is 18.0 Å². The van der Waals surface area contributed by atoms with Crippen LogP contribution in [0.3, 0.4) is 0 Å². The molecule has 0 saturated heterocycles. The lowest BCUT2D eigenvalue weighted by Gasteiger charge is -2.06. The van der Waals surface area contributed by atoms with Crippen molar-refractivity contribution in [3.63, 3.8) is 0 Å². The van der Waals surface area contributed by atoms with Gasteiger partial charge in [-0.25, -0.2) is 4.98 Å². The number of aromatic nitrogens is 3. The summed E-state index contributed by atoms with van der Waals surface area (Å²) in [5, 5.41) is 10.2. The van der Waals surface area contributed by atoms with Crippen LogP contribution in [0.15, 0.2) is 72.9 Å². The molecule has 0 radical (unpaired) electrons. The van der Waals surface area contributed by atoms with Crippen molar-refractivity contribution in [2.75, 3.05) is 10.6 Å². The average Bonchev–Trinajstić information content (AvgIpc) is 3.19.